The Balaban J connectivity index is 1.59. The highest BCUT2D eigenvalue weighted by Crippen LogP contribution is 2.18. The summed E-state index contributed by atoms with van der Waals surface area (Å²) in [7, 11) is 1.65. The second kappa shape index (κ2) is 9.00. The summed E-state index contributed by atoms with van der Waals surface area (Å²) >= 11 is 5.85. The first-order valence-electron chi connectivity index (χ1n) is 8.41. The number of halogens is 1. The lowest BCUT2D eigenvalue weighted by atomic mass is 10.1. The molecule has 3 aromatic rings. The molecule has 6 nitrogen and oxygen atoms in total. The maximum absolute atomic E-state index is 12.4. The molecule has 0 radical (unpaired) electrons. The van der Waals surface area contributed by atoms with Crippen LogP contribution < -0.4 is 15.4 Å². The zero-order valence-electron chi connectivity index (χ0n) is 14.8. The third-order valence-electron chi connectivity index (χ3n) is 3.86. The molecule has 0 aliphatic carbocycles. The lowest BCUT2D eigenvalue weighted by Crippen LogP contribution is -2.16. The first kappa shape index (κ1) is 18.7. The Labute approximate surface area is 162 Å². The molecule has 2 N–H and O–H groups in total. The third kappa shape index (κ3) is 5.18. The molecule has 0 fully saturated rings. The quantitative estimate of drug-likeness (QED) is 0.644. The van der Waals surface area contributed by atoms with Gasteiger partial charge >= 0.3 is 0 Å². The molecule has 0 saturated carbocycles. The van der Waals surface area contributed by atoms with Crippen molar-refractivity contribution in [1.29, 1.82) is 0 Å². The average molecular weight is 383 g/mol. The third-order valence-corrected chi connectivity index (χ3v) is 4.11. The van der Waals surface area contributed by atoms with Crippen LogP contribution in [0.3, 0.4) is 0 Å². The van der Waals surface area contributed by atoms with E-state index in [1.165, 1.54) is 0 Å². The van der Waals surface area contributed by atoms with E-state index in [-0.39, 0.29) is 11.6 Å². The highest BCUT2D eigenvalue weighted by atomic mass is 35.5. The number of nitrogens with zero attached hydrogens (tertiary/aromatic N) is 2. The molecule has 0 aliphatic heterocycles. The van der Waals surface area contributed by atoms with Crippen LogP contribution >= 0.6 is 11.6 Å². The van der Waals surface area contributed by atoms with Crippen molar-refractivity contribution in [3.63, 3.8) is 0 Å². The Hall–Kier alpha value is -3.12. The molecule has 0 atom stereocenters. The predicted molar refractivity (Wildman–Crippen MR) is 107 cm³/mol. The Bertz CT molecular complexity index is 916. The highest BCUT2D eigenvalue weighted by molar-refractivity contribution is 6.30. The molecule has 1 heterocycles. The fraction of sp³-hybridized carbons (Fsp3) is 0.150. The Kier molecular flexibility index (Phi) is 6.22. The lowest BCUT2D eigenvalue weighted by Gasteiger charge is -2.09. The van der Waals surface area contributed by atoms with E-state index in [1.54, 1.807) is 43.6 Å². The number of ether oxygens (including phenoxy) is 1. The normalized spacial score (nSPS) is 10.3. The number of methoxy groups -OCH3 is 1. The summed E-state index contributed by atoms with van der Waals surface area (Å²) in [6.45, 7) is 0.614. The molecule has 0 aliphatic rings. The molecule has 7 heteroatoms. The average Bonchev–Trinajstić information content (AvgIpc) is 2.70. The van der Waals surface area contributed by atoms with Crippen LogP contribution in [0.25, 0.3) is 0 Å². The molecule has 138 valence electrons. The largest absolute Gasteiger partial charge is 0.496 e. The Morgan fingerprint density at radius 1 is 1.11 bits per heavy atom. The summed E-state index contributed by atoms with van der Waals surface area (Å²) < 4.78 is 5.34. The van der Waals surface area contributed by atoms with Crippen molar-refractivity contribution in [3.8, 4) is 5.75 Å². The van der Waals surface area contributed by atoms with Gasteiger partial charge in [0.2, 0.25) is 5.95 Å². The van der Waals surface area contributed by atoms with Crippen LogP contribution in [0.1, 0.15) is 16.1 Å². The number of hydrogen-bond donors (Lipinski definition) is 2. The smallest absolute Gasteiger partial charge is 0.274 e. The van der Waals surface area contributed by atoms with Gasteiger partial charge in [-0.1, -0.05) is 29.8 Å². The van der Waals surface area contributed by atoms with Crippen molar-refractivity contribution in [2.45, 2.75) is 6.42 Å². The number of benzene rings is 2. The van der Waals surface area contributed by atoms with Gasteiger partial charge in [-0.15, -0.1) is 0 Å². The van der Waals surface area contributed by atoms with Gasteiger partial charge in [0.15, 0.2) is 0 Å². The van der Waals surface area contributed by atoms with E-state index in [9.17, 15) is 4.79 Å². The van der Waals surface area contributed by atoms with Crippen molar-refractivity contribution < 1.29 is 9.53 Å². The fourth-order valence-corrected chi connectivity index (χ4v) is 2.64. The monoisotopic (exact) mass is 382 g/mol. The zero-order chi connectivity index (χ0) is 19.1. The minimum atomic E-state index is -0.312. The van der Waals surface area contributed by atoms with Crippen molar-refractivity contribution in [2.75, 3.05) is 24.3 Å². The van der Waals surface area contributed by atoms with Gasteiger partial charge in [-0.2, -0.15) is 0 Å². The maximum Gasteiger partial charge on any atom is 0.274 e. The molecule has 2 aromatic carbocycles. The molecule has 1 aromatic heterocycles. The molecule has 1 amide bonds. The lowest BCUT2D eigenvalue weighted by molar-refractivity contribution is 0.102. The maximum atomic E-state index is 12.4. The number of hydrogen-bond acceptors (Lipinski definition) is 5. The van der Waals surface area contributed by atoms with Crippen molar-refractivity contribution >= 4 is 29.1 Å². The van der Waals surface area contributed by atoms with Crippen LogP contribution in [0.15, 0.2) is 60.8 Å². The summed E-state index contributed by atoms with van der Waals surface area (Å²) in [6.07, 6.45) is 2.30. The van der Waals surface area contributed by atoms with Crippen LogP contribution in [0, 0.1) is 0 Å². The van der Waals surface area contributed by atoms with Gasteiger partial charge < -0.3 is 15.4 Å². The molecule has 0 bridgehead atoms. The number of rotatable bonds is 7. The van der Waals surface area contributed by atoms with E-state index in [4.69, 9.17) is 16.3 Å². The van der Waals surface area contributed by atoms with Crippen LogP contribution in [0.2, 0.25) is 5.02 Å². The minimum absolute atomic E-state index is 0.278. The van der Waals surface area contributed by atoms with Crippen LogP contribution in [0.5, 0.6) is 5.75 Å². The first-order chi connectivity index (χ1) is 13.2. The molecular weight excluding hydrogens is 364 g/mol. The summed E-state index contributed by atoms with van der Waals surface area (Å²) in [5.74, 6) is 0.928. The molecule has 27 heavy (non-hydrogen) atoms. The van der Waals surface area contributed by atoms with E-state index < -0.39 is 0 Å². The van der Waals surface area contributed by atoms with Crippen LogP contribution in [-0.4, -0.2) is 29.5 Å². The van der Waals surface area contributed by atoms with Gasteiger partial charge in [-0.3, -0.25) is 4.79 Å². The second-order valence-electron chi connectivity index (χ2n) is 5.72. The number of para-hydroxylation sites is 1. The number of carbonyl (C=O) groups excluding carboxylic acids is 1. The van der Waals surface area contributed by atoms with Crippen LogP contribution in [0.4, 0.5) is 11.6 Å². The van der Waals surface area contributed by atoms with Gasteiger partial charge in [0, 0.05) is 23.5 Å². The second-order valence-corrected chi connectivity index (χ2v) is 6.15. The predicted octanol–water partition coefficient (Wildman–Crippen LogP) is 4.05. The topological polar surface area (TPSA) is 76.1 Å². The summed E-state index contributed by atoms with van der Waals surface area (Å²) in [5.41, 5.74) is 2.01. The van der Waals surface area contributed by atoms with Gasteiger partial charge in [-0.25, -0.2) is 9.97 Å². The van der Waals surface area contributed by atoms with Crippen LogP contribution in [-0.2, 0) is 6.42 Å². The van der Waals surface area contributed by atoms with Crippen molar-refractivity contribution in [3.05, 3.63) is 77.1 Å². The number of aromatic nitrogens is 2. The van der Waals surface area contributed by atoms with Crippen molar-refractivity contribution in [1.82, 2.24) is 9.97 Å². The van der Waals surface area contributed by atoms with E-state index in [1.807, 2.05) is 24.3 Å². The van der Waals surface area contributed by atoms with E-state index >= 15 is 0 Å². The van der Waals surface area contributed by atoms with Gasteiger partial charge in [0.1, 0.15) is 11.4 Å². The first-order valence-corrected chi connectivity index (χ1v) is 8.79. The van der Waals surface area contributed by atoms with Gasteiger partial charge in [-0.05, 0) is 48.4 Å². The molecular formula is C20H19ClN4O2. The highest BCUT2D eigenvalue weighted by Gasteiger charge is 2.09. The Morgan fingerprint density at radius 2 is 1.89 bits per heavy atom. The molecule has 0 spiro atoms. The standard InChI is InChI=1S/C20H19ClN4O2/c1-27-18-5-3-2-4-14(18)10-12-22-20-23-13-11-17(25-20)19(26)24-16-8-6-15(21)7-9-16/h2-9,11,13H,10,12H2,1H3,(H,24,26)(H,22,23,25). The van der Waals surface area contributed by atoms with E-state index in [0.717, 1.165) is 17.7 Å². The van der Waals surface area contributed by atoms with Gasteiger partial charge in [0.25, 0.3) is 5.91 Å². The van der Waals surface area contributed by atoms with E-state index in [2.05, 4.69) is 20.6 Å². The number of nitrogens with one attached hydrogen (secondary N) is 2. The Morgan fingerprint density at radius 3 is 2.67 bits per heavy atom. The fourth-order valence-electron chi connectivity index (χ4n) is 2.52. The zero-order valence-corrected chi connectivity index (χ0v) is 15.5. The number of amides is 1. The van der Waals surface area contributed by atoms with Gasteiger partial charge in [0.05, 0.1) is 7.11 Å². The number of anilines is 2. The minimum Gasteiger partial charge on any atom is -0.496 e. The van der Waals surface area contributed by atoms with E-state index in [0.29, 0.717) is 23.2 Å². The SMILES string of the molecule is COc1ccccc1CCNc1nccc(C(=O)Nc2ccc(Cl)cc2)n1. The number of carbonyl (C=O) groups is 1. The van der Waals surface area contributed by atoms with Crippen molar-refractivity contribution in [2.24, 2.45) is 0 Å². The summed E-state index contributed by atoms with van der Waals surface area (Å²) in [5, 5.41) is 6.52. The molecule has 0 saturated heterocycles. The summed E-state index contributed by atoms with van der Waals surface area (Å²) in [4.78, 5) is 20.8. The molecule has 0 unspecified atom stereocenters. The molecule has 3 rings (SSSR count). The summed E-state index contributed by atoms with van der Waals surface area (Å²) in [6, 6.07) is 16.3.